The fraction of sp³-hybridized carbons (Fsp3) is 0.600. The summed E-state index contributed by atoms with van der Waals surface area (Å²) in [7, 11) is 0. The fourth-order valence-electron chi connectivity index (χ4n) is 1.34. The Balaban J connectivity index is 2.68. The predicted molar refractivity (Wildman–Crippen MR) is 63.5 cm³/mol. The van der Waals surface area contributed by atoms with E-state index in [1.54, 1.807) is 0 Å². The molecule has 0 aliphatic heterocycles. The molecule has 1 aromatic rings. The van der Waals surface area contributed by atoms with Gasteiger partial charge in [-0.1, -0.05) is 37.0 Å². The second kappa shape index (κ2) is 6.33. The third kappa shape index (κ3) is 3.54. The van der Waals surface area contributed by atoms with Crippen LogP contribution in [0.15, 0.2) is 0 Å². The molecule has 0 aliphatic carbocycles. The van der Waals surface area contributed by atoms with Gasteiger partial charge in [0.1, 0.15) is 5.82 Å². The first-order valence-corrected chi connectivity index (χ1v) is 5.93. The van der Waals surface area contributed by atoms with Gasteiger partial charge in [0.15, 0.2) is 16.1 Å². The summed E-state index contributed by atoms with van der Waals surface area (Å²) < 4.78 is 13.0. The van der Waals surface area contributed by atoms with E-state index in [0.29, 0.717) is 12.2 Å². The van der Waals surface area contributed by atoms with Gasteiger partial charge in [-0.15, -0.1) is 0 Å². The largest absolute Gasteiger partial charge is 0.303 e. The SMILES string of the molecule is CCN(CC)CCc1nc(Cl)c(F)c(Cl)n1. The maximum absolute atomic E-state index is 13.0. The molecular weight excluding hydrogens is 252 g/mol. The maximum Gasteiger partial charge on any atom is 0.197 e. The van der Waals surface area contributed by atoms with Crippen molar-refractivity contribution in [3.05, 3.63) is 21.9 Å². The van der Waals surface area contributed by atoms with Crippen molar-refractivity contribution < 1.29 is 4.39 Å². The highest BCUT2D eigenvalue weighted by Gasteiger charge is 2.11. The Hall–Kier alpha value is -0.450. The Morgan fingerprint density at radius 3 is 2.06 bits per heavy atom. The molecule has 90 valence electrons. The molecule has 1 heterocycles. The highest BCUT2D eigenvalue weighted by atomic mass is 35.5. The normalized spacial score (nSPS) is 11.1. The van der Waals surface area contributed by atoms with Crippen LogP contribution in [0.2, 0.25) is 10.3 Å². The number of aromatic nitrogens is 2. The molecule has 16 heavy (non-hydrogen) atoms. The van der Waals surface area contributed by atoms with Gasteiger partial charge in [0.05, 0.1) is 0 Å². The molecule has 0 aromatic carbocycles. The zero-order valence-corrected chi connectivity index (χ0v) is 10.8. The van der Waals surface area contributed by atoms with Crippen molar-refractivity contribution in [2.45, 2.75) is 20.3 Å². The molecule has 3 nitrogen and oxygen atoms in total. The Morgan fingerprint density at radius 1 is 1.12 bits per heavy atom. The van der Waals surface area contributed by atoms with Crippen molar-refractivity contribution in [3.8, 4) is 0 Å². The summed E-state index contributed by atoms with van der Waals surface area (Å²) in [5, 5.41) is -0.427. The molecule has 0 radical (unpaired) electrons. The molecule has 0 N–H and O–H groups in total. The second-order valence-corrected chi connectivity index (χ2v) is 4.03. The van der Waals surface area contributed by atoms with E-state index in [1.165, 1.54) is 0 Å². The Bertz CT molecular complexity index is 333. The van der Waals surface area contributed by atoms with Gasteiger partial charge in [-0.25, -0.2) is 14.4 Å². The van der Waals surface area contributed by atoms with Crippen molar-refractivity contribution in [1.82, 2.24) is 14.9 Å². The van der Waals surface area contributed by atoms with Crippen molar-refractivity contribution in [2.75, 3.05) is 19.6 Å². The zero-order valence-electron chi connectivity index (χ0n) is 9.30. The first-order chi connectivity index (χ1) is 7.58. The average molecular weight is 266 g/mol. The first-order valence-electron chi connectivity index (χ1n) is 5.18. The molecule has 6 heteroatoms. The van der Waals surface area contributed by atoms with E-state index in [2.05, 4.69) is 28.7 Å². The smallest absolute Gasteiger partial charge is 0.197 e. The lowest BCUT2D eigenvalue weighted by molar-refractivity contribution is 0.305. The first kappa shape index (κ1) is 13.6. The van der Waals surface area contributed by atoms with Gasteiger partial charge in [0.2, 0.25) is 0 Å². The van der Waals surface area contributed by atoms with Crippen LogP contribution in [0.4, 0.5) is 4.39 Å². The monoisotopic (exact) mass is 265 g/mol. The third-order valence-electron chi connectivity index (χ3n) is 2.36. The highest BCUT2D eigenvalue weighted by molar-refractivity contribution is 6.33. The fourth-order valence-corrected chi connectivity index (χ4v) is 1.77. The summed E-state index contributed by atoms with van der Waals surface area (Å²) in [6, 6.07) is 0. The Morgan fingerprint density at radius 2 is 1.62 bits per heavy atom. The van der Waals surface area contributed by atoms with E-state index < -0.39 is 5.82 Å². The van der Waals surface area contributed by atoms with Crippen LogP contribution < -0.4 is 0 Å². The van der Waals surface area contributed by atoms with Crippen LogP contribution in [0.3, 0.4) is 0 Å². The van der Waals surface area contributed by atoms with Crippen LogP contribution >= 0.6 is 23.2 Å². The number of likely N-dealkylation sites (N-methyl/N-ethyl adjacent to an activating group) is 1. The molecule has 0 atom stereocenters. The summed E-state index contributed by atoms with van der Waals surface area (Å²) >= 11 is 11.2. The number of rotatable bonds is 5. The van der Waals surface area contributed by atoms with Crippen LogP contribution in [0, 0.1) is 5.82 Å². The van der Waals surface area contributed by atoms with Crippen LogP contribution in [0.1, 0.15) is 19.7 Å². The van der Waals surface area contributed by atoms with E-state index in [4.69, 9.17) is 23.2 Å². The minimum absolute atomic E-state index is 0.213. The van der Waals surface area contributed by atoms with Gasteiger partial charge in [-0.05, 0) is 13.1 Å². The predicted octanol–water partition coefficient (Wildman–Crippen LogP) is 2.81. The second-order valence-electron chi connectivity index (χ2n) is 3.31. The Kier molecular flexibility index (Phi) is 5.38. The van der Waals surface area contributed by atoms with Crippen LogP contribution in [0.5, 0.6) is 0 Å². The van der Waals surface area contributed by atoms with E-state index in [9.17, 15) is 4.39 Å². The summed E-state index contributed by atoms with van der Waals surface area (Å²) in [5.41, 5.74) is 0. The summed E-state index contributed by atoms with van der Waals surface area (Å²) in [4.78, 5) is 9.90. The molecule has 1 rings (SSSR count). The van der Waals surface area contributed by atoms with Gasteiger partial charge in [-0.3, -0.25) is 0 Å². The summed E-state index contributed by atoms with van der Waals surface area (Å²) in [6.45, 7) is 6.88. The van der Waals surface area contributed by atoms with Gasteiger partial charge in [0.25, 0.3) is 0 Å². The standard InChI is InChI=1S/C10H14Cl2FN3/c1-3-16(4-2)6-5-7-14-9(11)8(13)10(12)15-7/h3-6H2,1-2H3. The van der Waals surface area contributed by atoms with E-state index in [0.717, 1.165) is 19.6 Å². The van der Waals surface area contributed by atoms with Gasteiger partial charge < -0.3 is 4.90 Å². The van der Waals surface area contributed by atoms with Crippen molar-refractivity contribution >= 4 is 23.2 Å². The van der Waals surface area contributed by atoms with Crippen LogP contribution in [0.25, 0.3) is 0 Å². The highest BCUT2D eigenvalue weighted by Crippen LogP contribution is 2.18. The van der Waals surface area contributed by atoms with E-state index >= 15 is 0 Å². The summed E-state index contributed by atoms with van der Waals surface area (Å²) in [6.07, 6.45) is 0.613. The van der Waals surface area contributed by atoms with Crippen molar-refractivity contribution in [1.29, 1.82) is 0 Å². The van der Waals surface area contributed by atoms with Gasteiger partial charge >= 0.3 is 0 Å². The lowest BCUT2D eigenvalue weighted by atomic mass is 10.3. The van der Waals surface area contributed by atoms with Crippen molar-refractivity contribution in [3.63, 3.8) is 0 Å². The molecular formula is C10H14Cl2FN3. The van der Waals surface area contributed by atoms with E-state index in [1.807, 2.05) is 0 Å². The topological polar surface area (TPSA) is 29.0 Å². The summed E-state index contributed by atoms with van der Waals surface area (Å²) in [5.74, 6) is -0.279. The molecule has 0 saturated heterocycles. The third-order valence-corrected chi connectivity index (χ3v) is 2.86. The quantitative estimate of drug-likeness (QED) is 0.767. The number of hydrogen-bond acceptors (Lipinski definition) is 3. The molecule has 0 saturated carbocycles. The van der Waals surface area contributed by atoms with Gasteiger partial charge in [-0.2, -0.15) is 0 Å². The lowest BCUT2D eigenvalue weighted by Gasteiger charge is -2.17. The number of halogens is 3. The minimum atomic E-state index is -0.755. The molecule has 0 aliphatic rings. The van der Waals surface area contributed by atoms with Crippen molar-refractivity contribution in [2.24, 2.45) is 0 Å². The van der Waals surface area contributed by atoms with Gasteiger partial charge in [0, 0.05) is 13.0 Å². The zero-order chi connectivity index (χ0) is 12.1. The molecule has 1 aromatic heterocycles. The van der Waals surface area contributed by atoms with Crippen LogP contribution in [-0.4, -0.2) is 34.5 Å². The lowest BCUT2D eigenvalue weighted by Crippen LogP contribution is -2.25. The van der Waals surface area contributed by atoms with Crippen LogP contribution in [-0.2, 0) is 6.42 Å². The minimum Gasteiger partial charge on any atom is -0.303 e. The molecule has 0 bridgehead atoms. The molecule has 0 amide bonds. The maximum atomic E-state index is 13.0. The molecule has 0 fully saturated rings. The average Bonchev–Trinajstić information content (AvgIpc) is 2.27. The Labute approximate surface area is 105 Å². The number of nitrogens with zero attached hydrogens (tertiary/aromatic N) is 3. The molecule has 0 unspecified atom stereocenters. The number of hydrogen-bond donors (Lipinski definition) is 0. The van der Waals surface area contributed by atoms with E-state index in [-0.39, 0.29) is 10.3 Å². The molecule has 0 spiro atoms.